The van der Waals surface area contributed by atoms with Crippen LogP contribution in [0, 0.1) is 0 Å². The molecule has 0 aliphatic heterocycles. The highest BCUT2D eigenvalue weighted by atomic mass is 32.2. The number of benzene rings is 1. The Morgan fingerprint density at radius 3 is 2.05 bits per heavy atom. The van der Waals surface area contributed by atoms with E-state index in [1.165, 1.54) is 24.3 Å². The molecule has 116 valence electrons. The van der Waals surface area contributed by atoms with Crippen LogP contribution >= 0.6 is 0 Å². The number of quaternary nitrogens is 1. The molecule has 1 N–H and O–H groups in total. The Morgan fingerprint density at radius 1 is 1.15 bits per heavy atom. The molecule has 0 amide bonds. The smallest absolute Gasteiger partial charge is 0.124 e. The van der Waals surface area contributed by atoms with Crippen LogP contribution in [0.25, 0.3) is 0 Å². The molecule has 1 aromatic rings. The lowest BCUT2D eigenvalue weighted by atomic mass is 10.4. The highest BCUT2D eigenvalue weighted by Crippen LogP contribution is 2.04. The first-order valence-corrected chi connectivity index (χ1v) is 7.57. The number of likely N-dealkylation sites (N-methyl/N-ethyl adjacent to an activating group) is 1. The van der Waals surface area contributed by atoms with Gasteiger partial charge in [0.2, 0.25) is 0 Å². The van der Waals surface area contributed by atoms with Crippen LogP contribution in [-0.2, 0) is 14.9 Å². The Balaban J connectivity index is 0.000000361. The van der Waals surface area contributed by atoms with Crippen LogP contribution in [0.3, 0.4) is 0 Å². The predicted octanol–water partition coefficient (Wildman–Crippen LogP) is 0.292. The van der Waals surface area contributed by atoms with E-state index in [9.17, 15) is 13.0 Å². The number of rotatable bonds is 6. The summed E-state index contributed by atoms with van der Waals surface area (Å²) in [5, 5.41) is 8.37. The maximum Gasteiger partial charge on any atom is 0.124 e. The Hall–Kier alpha value is -0.990. The van der Waals surface area contributed by atoms with E-state index < -0.39 is 10.1 Å². The molecular formula is C13H23NO5S. The summed E-state index contributed by atoms with van der Waals surface area (Å²) in [6.45, 7) is 2.29. The molecule has 1 aromatic carbocycles. The van der Waals surface area contributed by atoms with E-state index >= 15 is 0 Å². The predicted molar refractivity (Wildman–Crippen MR) is 75.2 cm³/mol. The molecule has 0 fully saturated rings. The van der Waals surface area contributed by atoms with Crippen molar-refractivity contribution in [3.05, 3.63) is 30.3 Å². The van der Waals surface area contributed by atoms with E-state index in [-0.39, 0.29) is 11.5 Å². The van der Waals surface area contributed by atoms with E-state index in [1.807, 2.05) is 0 Å². The van der Waals surface area contributed by atoms with Crippen molar-refractivity contribution in [3.63, 3.8) is 0 Å². The van der Waals surface area contributed by atoms with Crippen molar-refractivity contribution in [3.8, 4) is 0 Å². The van der Waals surface area contributed by atoms with Gasteiger partial charge in [0.25, 0.3) is 0 Å². The summed E-state index contributed by atoms with van der Waals surface area (Å²) < 4.78 is 36.8. The van der Waals surface area contributed by atoms with Gasteiger partial charge in [-0.2, -0.15) is 0 Å². The normalized spacial score (nSPS) is 11.7. The number of aliphatic hydroxyl groups excluding tert-OH is 1. The van der Waals surface area contributed by atoms with Crippen LogP contribution < -0.4 is 0 Å². The van der Waals surface area contributed by atoms with Crippen molar-refractivity contribution in [2.75, 3.05) is 47.5 Å². The maximum absolute atomic E-state index is 10.3. The molecule has 7 heteroatoms. The standard InChI is InChI=1S/C7H18NO2.C6H6O3S/c1-8(2,3)4-6-10-7-5-9;7-10(8,9)6-4-2-1-3-5-6/h9H,4-7H2,1-3H3;1-5H,(H,7,8,9)/q+1;/p-1. The zero-order chi connectivity index (χ0) is 15.6. The first-order valence-electron chi connectivity index (χ1n) is 6.17. The number of hydrogen-bond acceptors (Lipinski definition) is 5. The number of aliphatic hydroxyl groups is 1. The second-order valence-corrected chi connectivity index (χ2v) is 6.50. The first-order chi connectivity index (χ1) is 9.17. The van der Waals surface area contributed by atoms with E-state index in [1.54, 1.807) is 6.07 Å². The number of ether oxygens (including phenoxy) is 1. The SMILES string of the molecule is C[N+](C)(C)CCOCCO.O=S(=O)([O-])c1ccccc1. The Kier molecular flexibility index (Phi) is 8.59. The van der Waals surface area contributed by atoms with Crippen molar-refractivity contribution in [2.45, 2.75) is 4.90 Å². The summed E-state index contributed by atoms with van der Waals surface area (Å²) >= 11 is 0. The minimum atomic E-state index is -4.25. The van der Waals surface area contributed by atoms with E-state index in [0.29, 0.717) is 6.61 Å². The van der Waals surface area contributed by atoms with Crippen molar-refractivity contribution in [1.82, 2.24) is 0 Å². The summed E-state index contributed by atoms with van der Waals surface area (Å²) in [5.74, 6) is 0. The zero-order valence-corrected chi connectivity index (χ0v) is 13.0. The van der Waals surface area contributed by atoms with Gasteiger partial charge >= 0.3 is 0 Å². The molecule has 0 saturated carbocycles. The average molecular weight is 305 g/mol. The van der Waals surface area contributed by atoms with Crippen molar-refractivity contribution >= 4 is 10.1 Å². The Morgan fingerprint density at radius 2 is 1.70 bits per heavy atom. The number of hydrogen-bond donors (Lipinski definition) is 1. The maximum atomic E-state index is 10.3. The fraction of sp³-hybridized carbons (Fsp3) is 0.538. The lowest BCUT2D eigenvalue weighted by molar-refractivity contribution is -0.870. The van der Waals surface area contributed by atoms with Crippen molar-refractivity contribution in [1.29, 1.82) is 0 Å². The topological polar surface area (TPSA) is 86.7 Å². The van der Waals surface area contributed by atoms with Crippen LogP contribution in [0.15, 0.2) is 35.2 Å². The van der Waals surface area contributed by atoms with Crippen LogP contribution in [0.2, 0.25) is 0 Å². The molecule has 0 atom stereocenters. The fourth-order valence-corrected chi connectivity index (χ4v) is 1.58. The lowest BCUT2D eigenvalue weighted by Gasteiger charge is -2.23. The minimum absolute atomic E-state index is 0.122. The number of nitrogens with zero attached hydrogens (tertiary/aromatic N) is 1. The van der Waals surface area contributed by atoms with Crippen LogP contribution in [0.1, 0.15) is 0 Å². The second kappa shape index (κ2) is 9.04. The minimum Gasteiger partial charge on any atom is -0.744 e. The third kappa shape index (κ3) is 10.9. The molecule has 20 heavy (non-hydrogen) atoms. The van der Waals surface area contributed by atoms with Gasteiger partial charge in [-0.15, -0.1) is 0 Å². The van der Waals surface area contributed by atoms with Crippen molar-refractivity contribution < 1.29 is 27.3 Å². The molecule has 0 spiro atoms. The van der Waals surface area contributed by atoms with E-state index in [4.69, 9.17) is 9.84 Å². The van der Waals surface area contributed by atoms with Crippen LogP contribution in [0.4, 0.5) is 0 Å². The van der Waals surface area contributed by atoms with Gasteiger partial charge in [-0.1, -0.05) is 18.2 Å². The van der Waals surface area contributed by atoms with E-state index in [2.05, 4.69) is 21.1 Å². The van der Waals surface area contributed by atoms with Gasteiger partial charge in [-0.25, -0.2) is 8.42 Å². The molecule has 6 nitrogen and oxygen atoms in total. The van der Waals surface area contributed by atoms with Gasteiger partial charge in [-0.05, 0) is 12.1 Å². The highest BCUT2D eigenvalue weighted by molar-refractivity contribution is 7.85. The molecule has 0 saturated heterocycles. The molecule has 1 rings (SSSR count). The summed E-state index contributed by atoms with van der Waals surface area (Å²) in [6, 6.07) is 7.19. The van der Waals surface area contributed by atoms with Gasteiger partial charge in [-0.3, -0.25) is 0 Å². The molecule has 0 aliphatic carbocycles. The Bertz CT molecular complexity index is 453. The van der Waals surface area contributed by atoms with Gasteiger partial charge < -0.3 is 18.9 Å². The summed E-state index contributed by atoms with van der Waals surface area (Å²) in [4.78, 5) is -0.185. The highest BCUT2D eigenvalue weighted by Gasteiger charge is 2.04. The molecule has 0 aromatic heterocycles. The largest absolute Gasteiger partial charge is 0.744 e. The first kappa shape index (κ1) is 19.0. The van der Waals surface area contributed by atoms with Gasteiger partial charge in [0, 0.05) is 0 Å². The van der Waals surface area contributed by atoms with Crippen LogP contribution in [-0.4, -0.2) is 70.1 Å². The quantitative estimate of drug-likeness (QED) is 0.464. The van der Waals surface area contributed by atoms with E-state index in [0.717, 1.165) is 17.6 Å². The third-order valence-corrected chi connectivity index (χ3v) is 3.02. The molecule has 0 unspecified atom stereocenters. The zero-order valence-electron chi connectivity index (χ0n) is 12.2. The molecule has 0 aliphatic rings. The average Bonchev–Trinajstić information content (AvgIpc) is 2.34. The molecular weight excluding hydrogens is 282 g/mol. The lowest BCUT2D eigenvalue weighted by Crippen LogP contribution is -2.37. The summed E-state index contributed by atoms with van der Waals surface area (Å²) in [7, 11) is 2.09. The fourth-order valence-electron chi connectivity index (χ4n) is 1.09. The third-order valence-electron chi connectivity index (χ3n) is 2.17. The summed E-state index contributed by atoms with van der Waals surface area (Å²) in [5.41, 5.74) is 0. The second-order valence-electron chi connectivity index (χ2n) is 5.12. The van der Waals surface area contributed by atoms with Crippen molar-refractivity contribution in [2.24, 2.45) is 0 Å². The summed E-state index contributed by atoms with van der Waals surface area (Å²) in [6.07, 6.45) is 0. The molecule has 0 bridgehead atoms. The van der Waals surface area contributed by atoms with Crippen LogP contribution in [0.5, 0.6) is 0 Å². The van der Waals surface area contributed by atoms with Gasteiger partial charge in [0.15, 0.2) is 0 Å². The molecule has 0 radical (unpaired) electrons. The molecule has 0 heterocycles. The van der Waals surface area contributed by atoms with Gasteiger partial charge in [0.1, 0.15) is 16.7 Å². The van der Waals surface area contributed by atoms with Gasteiger partial charge in [0.05, 0.1) is 45.9 Å². The Labute approximate surface area is 120 Å². The monoisotopic (exact) mass is 305 g/mol.